The lowest BCUT2D eigenvalue weighted by molar-refractivity contribution is -0.135. The minimum Gasteiger partial charge on any atom is -0.493 e. The maximum atomic E-state index is 11.2. The van der Waals surface area contributed by atoms with Gasteiger partial charge in [-0.3, -0.25) is 4.79 Å². The molecule has 1 aliphatic rings. The van der Waals surface area contributed by atoms with Crippen molar-refractivity contribution in [1.29, 1.82) is 0 Å². The Bertz CT molecular complexity index is 453. The highest BCUT2D eigenvalue weighted by Crippen LogP contribution is 2.46. The van der Waals surface area contributed by atoms with Crippen molar-refractivity contribution in [3.63, 3.8) is 0 Å². The van der Waals surface area contributed by atoms with E-state index in [1.165, 1.54) is 7.11 Å². The van der Waals surface area contributed by atoms with Gasteiger partial charge in [-0.2, -0.15) is 0 Å². The Labute approximate surface area is 99.2 Å². The van der Waals surface area contributed by atoms with E-state index in [9.17, 15) is 4.79 Å². The first-order chi connectivity index (χ1) is 8.21. The number of esters is 1. The van der Waals surface area contributed by atoms with Crippen LogP contribution in [0.3, 0.4) is 0 Å². The molecule has 0 unspecified atom stereocenters. The van der Waals surface area contributed by atoms with E-state index in [0.717, 1.165) is 5.56 Å². The van der Waals surface area contributed by atoms with Crippen LogP contribution in [0.15, 0.2) is 6.07 Å². The van der Waals surface area contributed by atoms with Gasteiger partial charge in [-0.05, 0) is 6.42 Å². The van der Waals surface area contributed by atoms with Crippen LogP contribution < -0.4 is 18.9 Å². The van der Waals surface area contributed by atoms with Crippen LogP contribution in [-0.2, 0) is 11.2 Å². The fourth-order valence-electron chi connectivity index (χ4n) is 1.92. The summed E-state index contributed by atoms with van der Waals surface area (Å²) in [7, 11) is 4.62. The molecule has 0 radical (unpaired) electrons. The maximum Gasteiger partial charge on any atom is 0.311 e. The Morgan fingerprint density at radius 3 is 2.35 bits per heavy atom. The fraction of sp³-hybridized carbons (Fsp3) is 0.417. The summed E-state index contributed by atoms with van der Waals surface area (Å²) in [5.41, 5.74) is 0.838. The van der Waals surface area contributed by atoms with Crippen molar-refractivity contribution < 1.29 is 23.7 Å². The van der Waals surface area contributed by atoms with E-state index in [2.05, 4.69) is 0 Å². The largest absolute Gasteiger partial charge is 0.493 e. The molecule has 0 saturated heterocycles. The van der Waals surface area contributed by atoms with Crippen molar-refractivity contribution in [3.8, 4) is 23.0 Å². The molecule has 0 amide bonds. The second-order valence-corrected chi connectivity index (χ2v) is 3.60. The molecule has 0 aromatic heterocycles. The molecule has 1 aliphatic heterocycles. The summed E-state index contributed by atoms with van der Waals surface area (Å²) >= 11 is 0. The fourth-order valence-corrected chi connectivity index (χ4v) is 1.92. The van der Waals surface area contributed by atoms with E-state index in [1.807, 2.05) is 0 Å². The minimum absolute atomic E-state index is 0.244. The molecule has 0 N–H and O–H groups in total. The van der Waals surface area contributed by atoms with Crippen molar-refractivity contribution in [2.45, 2.75) is 12.8 Å². The Balaban J connectivity index is 2.61. The van der Waals surface area contributed by atoms with Crippen LogP contribution in [0.1, 0.15) is 12.0 Å². The summed E-state index contributed by atoms with van der Waals surface area (Å²) in [6.07, 6.45) is 0.927. The van der Waals surface area contributed by atoms with Crippen molar-refractivity contribution >= 4 is 5.97 Å². The van der Waals surface area contributed by atoms with Crippen LogP contribution >= 0.6 is 0 Å². The smallest absolute Gasteiger partial charge is 0.311 e. The van der Waals surface area contributed by atoms with Crippen LogP contribution in [0.2, 0.25) is 0 Å². The number of carbonyl (C=O) groups is 1. The first-order valence-corrected chi connectivity index (χ1v) is 5.23. The average molecular weight is 238 g/mol. The van der Waals surface area contributed by atoms with Gasteiger partial charge in [0.2, 0.25) is 5.75 Å². The molecule has 0 spiro atoms. The van der Waals surface area contributed by atoms with E-state index in [1.54, 1.807) is 20.3 Å². The predicted molar refractivity (Wildman–Crippen MR) is 60.1 cm³/mol. The van der Waals surface area contributed by atoms with Crippen molar-refractivity contribution in [2.24, 2.45) is 0 Å². The second-order valence-electron chi connectivity index (χ2n) is 3.60. The monoisotopic (exact) mass is 238 g/mol. The molecule has 0 atom stereocenters. The lowest BCUT2D eigenvalue weighted by Gasteiger charge is -2.21. The van der Waals surface area contributed by atoms with Gasteiger partial charge < -0.3 is 18.9 Å². The number of carbonyl (C=O) groups excluding carboxylic acids is 1. The Hall–Kier alpha value is -1.91. The number of ether oxygens (including phenoxy) is 4. The summed E-state index contributed by atoms with van der Waals surface area (Å²) in [4.78, 5) is 11.2. The molecule has 0 bridgehead atoms. The molecule has 1 aromatic rings. The number of benzene rings is 1. The van der Waals surface area contributed by atoms with Gasteiger partial charge in [-0.25, -0.2) is 0 Å². The predicted octanol–water partition coefficient (Wildman–Crippen LogP) is 1.56. The minimum atomic E-state index is -0.244. The highest BCUT2D eigenvalue weighted by Gasteiger charge is 2.26. The van der Waals surface area contributed by atoms with Crippen molar-refractivity contribution in [1.82, 2.24) is 0 Å². The number of hydrogen-bond acceptors (Lipinski definition) is 5. The average Bonchev–Trinajstić information content (AvgIpc) is 2.35. The third kappa shape index (κ3) is 1.88. The number of hydrogen-bond donors (Lipinski definition) is 0. The standard InChI is InChI=1S/C12H14O5/c1-14-9-6-8-7(4-5-10(13)17-8)11(15-2)12(9)16-3/h6H,4-5H2,1-3H3. The summed E-state index contributed by atoms with van der Waals surface area (Å²) in [6, 6.07) is 1.65. The third-order valence-corrected chi connectivity index (χ3v) is 2.69. The number of fused-ring (bicyclic) bond motifs is 1. The van der Waals surface area contributed by atoms with Gasteiger partial charge in [0.1, 0.15) is 5.75 Å². The molecule has 0 aliphatic carbocycles. The van der Waals surface area contributed by atoms with Gasteiger partial charge in [0.15, 0.2) is 11.5 Å². The van der Waals surface area contributed by atoms with Gasteiger partial charge >= 0.3 is 5.97 Å². The Morgan fingerprint density at radius 1 is 1.06 bits per heavy atom. The number of methoxy groups -OCH3 is 3. The zero-order valence-electron chi connectivity index (χ0n) is 10.0. The molecule has 92 valence electrons. The third-order valence-electron chi connectivity index (χ3n) is 2.69. The van der Waals surface area contributed by atoms with Gasteiger partial charge in [-0.15, -0.1) is 0 Å². The van der Waals surface area contributed by atoms with Crippen LogP contribution in [-0.4, -0.2) is 27.3 Å². The second kappa shape index (κ2) is 4.53. The van der Waals surface area contributed by atoms with Gasteiger partial charge in [-0.1, -0.05) is 0 Å². The molecule has 1 aromatic carbocycles. The molecule has 17 heavy (non-hydrogen) atoms. The summed E-state index contributed by atoms with van der Waals surface area (Å²) in [5.74, 6) is 1.81. The lowest BCUT2D eigenvalue weighted by Crippen LogP contribution is -2.17. The molecule has 0 saturated carbocycles. The highest BCUT2D eigenvalue weighted by atomic mass is 16.5. The Morgan fingerprint density at radius 2 is 1.76 bits per heavy atom. The SMILES string of the molecule is COc1cc2c(c(OC)c1OC)CCC(=O)O2. The summed E-state index contributed by atoms with van der Waals surface area (Å²) < 4.78 is 20.9. The normalized spacial score (nSPS) is 13.7. The maximum absolute atomic E-state index is 11.2. The lowest BCUT2D eigenvalue weighted by atomic mass is 10.0. The first-order valence-electron chi connectivity index (χ1n) is 5.23. The first kappa shape index (κ1) is 11.6. The van der Waals surface area contributed by atoms with Gasteiger partial charge in [0.05, 0.1) is 27.8 Å². The highest BCUT2D eigenvalue weighted by molar-refractivity contribution is 5.78. The summed E-state index contributed by atoms with van der Waals surface area (Å²) in [6.45, 7) is 0. The van der Waals surface area contributed by atoms with Crippen LogP contribution in [0.5, 0.6) is 23.0 Å². The van der Waals surface area contributed by atoms with Crippen LogP contribution in [0, 0.1) is 0 Å². The van der Waals surface area contributed by atoms with Crippen LogP contribution in [0.4, 0.5) is 0 Å². The van der Waals surface area contributed by atoms with E-state index in [-0.39, 0.29) is 5.97 Å². The summed E-state index contributed by atoms with van der Waals surface area (Å²) in [5, 5.41) is 0. The van der Waals surface area contributed by atoms with Crippen LogP contribution in [0.25, 0.3) is 0 Å². The van der Waals surface area contributed by atoms with E-state index in [0.29, 0.717) is 35.8 Å². The zero-order valence-corrected chi connectivity index (χ0v) is 10.0. The van der Waals surface area contributed by atoms with Crippen molar-refractivity contribution in [2.75, 3.05) is 21.3 Å². The Kier molecular flexibility index (Phi) is 3.08. The van der Waals surface area contributed by atoms with E-state index >= 15 is 0 Å². The molecule has 2 rings (SSSR count). The molecular weight excluding hydrogens is 224 g/mol. The topological polar surface area (TPSA) is 54.0 Å². The molecule has 5 heteroatoms. The zero-order chi connectivity index (χ0) is 12.4. The van der Waals surface area contributed by atoms with Gasteiger partial charge in [0.25, 0.3) is 0 Å². The molecule has 0 fully saturated rings. The van der Waals surface area contributed by atoms with Gasteiger partial charge in [0, 0.05) is 11.6 Å². The van der Waals surface area contributed by atoms with E-state index in [4.69, 9.17) is 18.9 Å². The quantitative estimate of drug-likeness (QED) is 0.591. The molecule has 1 heterocycles. The number of rotatable bonds is 3. The van der Waals surface area contributed by atoms with Crippen molar-refractivity contribution in [3.05, 3.63) is 11.6 Å². The molecule has 5 nitrogen and oxygen atoms in total. The molecular formula is C12H14O5. The van der Waals surface area contributed by atoms with E-state index < -0.39 is 0 Å².